The molecule has 0 amide bonds. The van der Waals surface area contributed by atoms with Crippen LogP contribution in [0.1, 0.15) is 37.4 Å². The van der Waals surface area contributed by atoms with Crippen molar-refractivity contribution < 1.29 is 4.39 Å². The molecule has 0 radical (unpaired) electrons. The summed E-state index contributed by atoms with van der Waals surface area (Å²) in [4.78, 5) is 4.44. The second-order valence-electron chi connectivity index (χ2n) is 4.65. The van der Waals surface area contributed by atoms with Crippen molar-refractivity contribution in [2.45, 2.75) is 31.6 Å². The van der Waals surface area contributed by atoms with Crippen LogP contribution in [0.15, 0.2) is 22.7 Å². The van der Waals surface area contributed by atoms with E-state index in [-0.39, 0.29) is 5.82 Å². The molecule has 3 nitrogen and oxygen atoms in total. The van der Waals surface area contributed by atoms with Gasteiger partial charge in [0.25, 0.3) is 0 Å². The standard InChI is InChI=1S/C13H13BrFN3/c14-9-5-6-11(15)10(7-9)13-16-12(17-18-13)8-3-1-2-4-8/h5-8H,1-4H2,(H,16,17,18). The zero-order chi connectivity index (χ0) is 12.5. The van der Waals surface area contributed by atoms with Gasteiger partial charge in [-0.15, -0.1) is 0 Å². The Balaban J connectivity index is 1.94. The van der Waals surface area contributed by atoms with Crippen molar-refractivity contribution in [3.05, 3.63) is 34.3 Å². The van der Waals surface area contributed by atoms with Gasteiger partial charge in [0.05, 0.1) is 5.56 Å². The lowest BCUT2D eigenvalue weighted by molar-refractivity contribution is 0.629. The maximum absolute atomic E-state index is 13.7. The molecule has 0 bridgehead atoms. The molecule has 3 rings (SSSR count). The smallest absolute Gasteiger partial charge is 0.184 e. The summed E-state index contributed by atoms with van der Waals surface area (Å²) < 4.78 is 14.6. The first kappa shape index (κ1) is 11.8. The Morgan fingerprint density at radius 2 is 2.06 bits per heavy atom. The summed E-state index contributed by atoms with van der Waals surface area (Å²) in [5.74, 6) is 1.49. The lowest BCUT2D eigenvalue weighted by Gasteiger charge is -2.02. The first-order valence-electron chi connectivity index (χ1n) is 6.12. The van der Waals surface area contributed by atoms with Crippen LogP contribution in [0.2, 0.25) is 0 Å². The Bertz CT molecular complexity index is 561. The van der Waals surface area contributed by atoms with E-state index in [0.717, 1.165) is 23.1 Å². The number of H-pyrrole nitrogens is 1. The Kier molecular flexibility index (Phi) is 3.16. The van der Waals surface area contributed by atoms with Gasteiger partial charge in [0.2, 0.25) is 0 Å². The van der Waals surface area contributed by atoms with Gasteiger partial charge < -0.3 is 0 Å². The van der Waals surface area contributed by atoms with Gasteiger partial charge in [-0.3, -0.25) is 5.10 Å². The maximum Gasteiger partial charge on any atom is 0.184 e. The van der Waals surface area contributed by atoms with E-state index in [0.29, 0.717) is 17.3 Å². The van der Waals surface area contributed by atoms with E-state index in [9.17, 15) is 4.39 Å². The molecule has 0 saturated heterocycles. The third-order valence-electron chi connectivity index (χ3n) is 3.41. The second kappa shape index (κ2) is 4.80. The van der Waals surface area contributed by atoms with Crippen LogP contribution in [0.25, 0.3) is 11.4 Å². The van der Waals surface area contributed by atoms with Crippen molar-refractivity contribution in [3.63, 3.8) is 0 Å². The van der Waals surface area contributed by atoms with E-state index < -0.39 is 0 Å². The van der Waals surface area contributed by atoms with Crippen LogP contribution < -0.4 is 0 Å². The van der Waals surface area contributed by atoms with E-state index in [4.69, 9.17) is 0 Å². The summed E-state index contributed by atoms with van der Waals surface area (Å²) in [5.41, 5.74) is 0.435. The lowest BCUT2D eigenvalue weighted by atomic mass is 10.1. The molecule has 0 spiro atoms. The van der Waals surface area contributed by atoms with E-state index in [1.807, 2.05) is 0 Å². The predicted molar refractivity (Wildman–Crippen MR) is 70.7 cm³/mol. The molecule has 1 N–H and O–H groups in total. The summed E-state index contributed by atoms with van der Waals surface area (Å²) in [6.45, 7) is 0. The Hall–Kier alpha value is -1.23. The fraction of sp³-hybridized carbons (Fsp3) is 0.385. The molecule has 18 heavy (non-hydrogen) atoms. The Morgan fingerprint density at radius 1 is 1.28 bits per heavy atom. The average Bonchev–Trinajstić information content (AvgIpc) is 3.00. The van der Waals surface area contributed by atoms with Crippen molar-refractivity contribution in [1.29, 1.82) is 0 Å². The van der Waals surface area contributed by atoms with Crippen molar-refractivity contribution in [2.75, 3.05) is 0 Å². The molecular formula is C13H13BrFN3. The lowest BCUT2D eigenvalue weighted by Crippen LogP contribution is -1.94. The normalized spacial score (nSPS) is 16.3. The van der Waals surface area contributed by atoms with Gasteiger partial charge in [0.15, 0.2) is 5.82 Å². The fourth-order valence-electron chi connectivity index (χ4n) is 2.45. The summed E-state index contributed by atoms with van der Waals surface area (Å²) in [6.07, 6.45) is 4.78. The highest BCUT2D eigenvalue weighted by Crippen LogP contribution is 2.33. The first-order valence-corrected chi connectivity index (χ1v) is 6.91. The molecule has 1 aromatic carbocycles. The van der Waals surface area contributed by atoms with Crippen LogP contribution >= 0.6 is 15.9 Å². The number of nitrogens with zero attached hydrogens (tertiary/aromatic N) is 2. The van der Waals surface area contributed by atoms with Gasteiger partial charge >= 0.3 is 0 Å². The number of hydrogen-bond donors (Lipinski definition) is 1. The van der Waals surface area contributed by atoms with Crippen LogP contribution in [0.3, 0.4) is 0 Å². The molecule has 1 aliphatic rings. The summed E-state index contributed by atoms with van der Waals surface area (Å²) >= 11 is 3.33. The number of halogens is 2. The van der Waals surface area contributed by atoms with E-state index in [1.165, 1.54) is 18.9 Å². The minimum absolute atomic E-state index is 0.296. The van der Waals surface area contributed by atoms with Crippen molar-refractivity contribution in [3.8, 4) is 11.4 Å². The first-order chi connectivity index (χ1) is 8.74. The number of benzene rings is 1. The molecule has 0 aliphatic heterocycles. The zero-order valence-corrected chi connectivity index (χ0v) is 11.4. The minimum Gasteiger partial charge on any atom is -0.262 e. The highest BCUT2D eigenvalue weighted by Gasteiger charge is 2.21. The quantitative estimate of drug-likeness (QED) is 0.910. The summed E-state index contributed by atoms with van der Waals surface area (Å²) in [6, 6.07) is 4.80. The van der Waals surface area contributed by atoms with E-state index >= 15 is 0 Å². The molecule has 1 aliphatic carbocycles. The van der Waals surface area contributed by atoms with Crippen molar-refractivity contribution in [1.82, 2.24) is 15.2 Å². The molecule has 1 heterocycles. The maximum atomic E-state index is 13.7. The SMILES string of the molecule is Fc1ccc(Br)cc1-c1n[nH]c(C2CCCC2)n1. The molecule has 2 aromatic rings. The van der Waals surface area contributed by atoms with Crippen LogP contribution in [-0.2, 0) is 0 Å². The van der Waals surface area contributed by atoms with Crippen LogP contribution in [0.5, 0.6) is 0 Å². The molecule has 1 fully saturated rings. The molecule has 0 atom stereocenters. The third-order valence-corrected chi connectivity index (χ3v) is 3.91. The fourth-order valence-corrected chi connectivity index (χ4v) is 2.81. The minimum atomic E-state index is -0.296. The molecule has 5 heteroatoms. The Morgan fingerprint density at radius 3 is 2.83 bits per heavy atom. The van der Waals surface area contributed by atoms with E-state index in [1.54, 1.807) is 12.1 Å². The largest absolute Gasteiger partial charge is 0.262 e. The monoisotopic (exact) mass is 309 g/mol. The highest BCUT2D eigenvalue weighted by molar-refractivity contribution is 9.10. The van der Waals surface area contributed by atoms with Gasteiger partial charge in [0.1, 0.15) is 11.6 Å². The number of rotatable bonds is 2. The molecule has 1 aromatic heterocycles. The van der Waals surface area contributed by atoms with Gasteiger partial charge in [-0.1, -0.05) is 28.8 Å². The third kappa shape index (κ3) is 2.19. The predicted octanol–water partition coefficient (Wildman–Crippen LogP) is 4.03. The molecule has 94 valence electrons. The molecule has 1 saturated carbocycles. The van der Waals surface area contributed by atoms with Gasteiger partial charge in [0, 0.05) is 10.4 Å². The molecular weight excluding hydrogens is 297 g/mol. The second-order valence-corrected chi connectivity index (χ2v) is 5.57. The summed E-state index contributed by atoms with van der Waals surface area (Å²) in [5, 5.41) is 7.09. The van der Waals surface area contributed by atoms with Crippen LogP contribution in [-0.4, -0.2) is 15.2 Å². The van der Waals surface area contributed by atoms with Gasteiger partial charge in [-0.25, -0.2) is 9.37 Å². The van der Waals surface area contributed by atoms with Gasteiger partial charge in [-0.2, -0.15) is 5.10 Å². The average molecular weight is 310 g/mol. The van der Waals surface area contributed by atoms with Gasteiger partial charge in [-0.05, 0) is 31.0 Å². The summed E-state index contributed by atoms with van der Waals surface area (Å²) in [7, 11) is 0. The topological polar surface area (TPSA) is 41.6 Å². The molecule has 0 unspecified atom stereocenters. The number of nitrogens with one attached hydrogen (secondary N) is 1. The van der Waals surface area contributed by atoms with Crippen LogP contribution in [0, 0.1) is 5.82 Å². The number of aromatic amines is 1. The Labute approximate surface area is 113 Å². The van der Waals surface area contributed by atoms with Crippen LogP contribution in [0.4, 0.5) is 4.39 Å². The highest BCUT2D eigenvalue weighted by atomic mass is 79.9. The van der Waals surface area contributed by atoms with E-state index in [2.05, 4.69) is 31.1 Å². The zero-order valence-electron chi connectivity index (χ0n) is 9.79. The number of aromatic nitrogens is 3. The van der Waals surface area contributed by atoms with Crippen molar-refractivity contribution in [2.24, 2.45) is 0 Å². The number of hydrogen-bond acceptors (Lipinski definition) is 2. The van der Waals surface area contributed by atoms with Crippen molar-refractivity contribution >= 4 is 15.9 Å².